The van der Waals surface area contributed by atoms with Gasteiger partial charge in [0.2, 0.25) is 0 Å². The normalized spacial score (nSPS) is 11.4. The molecule has 0 spiro atoms. The minimum absolute atomic E-state index is 0.0607. The summed E-state index contributed by atoms with van der Waals surface area (Å²) < 4.78 is 65.1. The van der Waals surface area contributed by atoms with Crippen LogP contribution in [0.25, 0.3) is 0 Å². The molecular weight excluding hydrogens is 660 g/mol. The standard InChI is InChI=1S/C35H68O15/c1-2-3-4-5-8-11-39-12-13-40-14-15-41-16-17-42-18-19-43-20-21-44-22-23-45-24-25-46-26-27-47-28-29-48-30-31-49-32-33-50-35(38)10-7-6-9-34(36)37/h2-33H2,1H3,(H,36,37). The summed E-state index contributed by atoms with van der Waals surface area (Å²) in [6, 6.07) is 0. The summed E-state index contributed by atoms with van der Waals surface area (Å²) in [5, 5.41) is 8.55. The molecular formula is C35H68O15. The molecule has 0 aromatic rings. The summed E-state index contributed by atoms with van der Waals surface area (Å²) in [4.78, 5) is 21.9. The van der Waals surface area contributed by atoms with Crippen molar-refractivity contribution >= 4 is 11.9 Å². The van der Waals surface area contributed by atoms with Crippen molar-refractivity contribution in [1.82, 2.24) is 0 Å². The molecule has 0 fully saturated rings. The van der Waals surface area contributed by atoms with Gasteiger partial charge in [-0.25, -0.2) is 0 Å². The molecule has 50 heavy (non-hydrogen) atoms. The minimum Gasteiger partial charge on any atom is -0.481 e. The average Bonchev–Trinajstić information content (AvgIpc) is 3.11. The average molecular weight is 729 g/mol. The van der Waals surface area contributed by atoms with Crippen LogP contribution in [0, 0.1) is 0 Å². The summed E-state index contributed by atoms with van der Waals surface area (Å²) >= 11 is 0. The molecule has 0 aliphatic heterocycles. The van der Waals surface area contributed by atoms with E-state index in [1.54, 1.807) is 0 Å². The van der Waals surface area contributed by atoms with E-state index in [2.05, 4.69) is 6.92 Å². The lowest BCUT2D eigenvalue weighted by Gasteiger charge is -2.09. The highest BCUT2D eigenvalue weighted by Crippen LogP contribution is 2.02. The number of unbranched alkanes of at least 4 members (excludes halogenated alkanes) is 5. The van der Waals surface area contributed by atoms with Gasteiger partial charge in [-0.1, -0.05) is 32.6 Å². The van der Waals surface area contributed by atoms with Crippen molar-refractivity contribution in [2.45, 2.75) is 64.7 Å². The van der Waals surface area contributed by atoms with E-state index in [0.29, 0.717) is 145 Å². The number of carbonyl (C=O) groups is 2. The van der Waals surface area contributed by atoms with Gasteiger partial charge < -0.3 is 61.9 Å². The van der Waals surface area contributed by atoms with Crippen LogP contribution in [0.3, 0.4) is 0 Å². The van der Waals surface area contributed by atoms with Crippen LogP contribution in [0.2, 0.25) is 0 Å². The number of aliphatic carboxylic acids is 1. The Morgan fingerprint density at radius 1 is 0.340 bits per heavy atom. The fourth-order valence-electron chi connectivity index (χ4n) is 3.94. The van der Waals surface area contributed by atoms with E-state index in [0.717, 1.165) is 13.0 Å². The van der Waals surface area contributed by atoms with Crippen LogP contribution in [0.4, 0.5) is 0 Å². The zero-order valence-electron chi connectivity index (χ0n) is 30.8. The van der Waals surface area contributed by atoms with Gasteiger partial charge in [0, 0.05) is 19.4 Å². The number of ether oxygens (including phenoxy) is 12. The molecule has 0 amide bonds. The fourth-order valence-corrected chi connectivity index (χ4v) is 3.94. The molecule has 15 nitrogen and oxygen atoms in total. The maximum absolute atomic E-state index is 11.5. The molecule has 0 saturated carbocycles. The van der Waals surface area contributed by atoms with E-state index in [9.17, 15) is 9.59 Å². The quantitative estimate of drug-likeness (QED) is 0.0717. The minimum atomic E-state index is -0.862. The van der Waals surface area contributed by atoms with E-state index < -0.39 is 5.97 Å². The number of carboxylic acid groups (broad SMARTS) is 1. The molecule has 0 bridgehead atoms. The lowest BCUT2D eigenvalue weighted by molar-refractivity contribution is -0.146. The zero-order chi connectivity index (χ0) is 36.3. The summed E-state index contributed by atoms with van der Waals surface area (Å²) in [6.45, 7) is 13.5. The van der Waals surface area contributed by atoms with Crippen molar-refractivity contribution in [2.24, 2.45) is 0 Å². The molecule has 0 heterocycles. The number of hydrogen-bond donors (Lipinski definition) is 1. The van der Waals surface area contributed by atoms with E-state index >= 15 is 0 Å². The van der Waals surface area contributed by atoms with Crippen LogP contribution in [-0.4, -0.2) is 169 Å². The molecule has 0 rings (SSSR count). The van der Waals surface area contributed by atoms with Gasteiger partial charge in [0.1, 0.15) is 6.61 Å². The molecule has 0 aromatic heterocycles. The molecule has 0 saturated heterocycles. The van der Waals surface area contributed by atoms with Gasteiger partial charge in [-0.3, -0.25) is 9.59 Å². The first-order chi connectivity index (χ1) is 24.7. The molecule has 0 unspecified atom stereocenters. The predicted molar refractivity (Wildman–Crippen MR) is 185 cm³/mol. The SMILES string of the molecule is CCCCCCCOCCOCCOCCOCCOCCOCCOCCOCCOCCOCCOCCOC(=O)CCCCC(=O)O. The van der Waals surface area contributed by atoms with Gasteiger partial charge in [0.25, 0.3) is 0 Å². The first-order valence-corrected chi connectivity index (χ1v) is 18.4. The first-order valence-electron chi connectivity index (χ1n) is 18.4. The Morgan fingerprint density at radius 3 is 0.940 bits per heavy atom. The van der Waals surface area contributed by atoms with Crippen molar-refractivity contribution in [2.75, 3.05) is 152 Å². The van der Waals surface area contributed by atoms with Gasteiger partial charge in [0.15, 0.2) is 0 Å². The lowest BCUT2D eigenvalue weighted by atomic mass is 10.2. The Labute approximate surface area is 300 Å². The number of esters is 1. The van der Waals surface area contributed by atoms with E-state index in [1.807, 2.05) is 0 Å². The summed E-state index contributed by atoms with van der Waals surface area (Å²) in [6.07, 6.45) is 7.48. The highest BCUT2D eigenvalue weighted by Gasteiger charge is 2.04. The largest absolute Gasteiger partial charge is 0.481 e. The fraction of sp³-hybridized carbons (Fsp3) is 0.943. The first kappa shape index (κ1) is 48.5. The zero-order valence-corrected chi connectivity index (χ0v) is 30.8. The van der Waals surface area contributed by atoms with E-state index in [1.165, 1.54) is 25.7 Å². The Balaban J connectivity index is 3.09. The van der Waals surface area contributed by atoms with Crippen LogP contribution < -0.4 is 0 Å². The monoisotopic (exact) mass is 728 g/mol. The van der Waals surface area contributed by atoms with Crippen LogP contribution in [0.15, 0.2) is 0 Å². The lowest BCUT2D eigenvalue weighted by Crippen LogP contribution is -2.15. The van der Waals surface area contributed by atoms with E-state index in [-0.39, 0.29) is 32.0 Å². The third-order valence-electron chi connectivity index (χ3n) is 6.62. The second-order valence-corrected chi connectivity index (χ2v) is 11.0. The van der Waals surface area contributed by atoms with Crippen molar-refractivity contribution < 1.29 is 71.5 Å². The smallest absolute Gasteiger partial charge is 0.305 e. The molecule has 15 heteroatoms. The van der Waals surface area contributed by atoms with Crippen molar-refractivity contribution in [3.63, 3.8) is 0 Å². The van der Waals surface area contributed by atoms with Crippen molar-refractivity contribution in [3.8, 4) is 0 Å². The van der Waals surface area contributed by atoms with Gasteiger partial charge >= 0.3 is 11.9 Å². The van der Waals surface area contributed by atoms with Gasteiger partial charge in [-0.05, 0) is 19.3 Å². The van der Waals surface area contributed by atoms with Crippen LogP contribution in [0.5, 0.6) is 0 Å². The molecule has 0 atom stereocenters. The van der Waals surface area contributed by atoms with Crippen molar-refractivity contribution in [1.29, 1.82) is 0 Å². The molecule has 0 aliphatic rings. The number of rotatable bonds is 44. The maximum Gasteiger partial charge on any atom is 0.305 e. The third-order valence-corrected chi connectivity index (χ3v) is 6.62. The third kappa shape index (κ3) is 44.5. The number of hydrogen-bond acceptors (Lipinski definition) is 14. The maximum atomic E-state index is 11.5. The molecule has 0 aliphatic carbocycles. The highest BCUT2D eigenvalue weighted by molar-refractivity contribution is 5.69. The highest BCUT2D eigenvalue weighted by atomic mass is 16.6. The van der Waals surface area contributed by atoms with Crippen LogP contribution >= 0.6 is 0 Å². The Bertz CT molecular complexity index is 686. The number of carbonyl (C=O) groups excluding carboxylic acids is 1. The molecule has 0 radical (unpaired) electrons. The van der Waals surface area contributed by atoms with E-state index in [4.69, 9.17) is 61.9 Å². The Kier molecular flexibility index (Phi) is 42.4. The Morgan fingerprint density at radius 2 is 0.620 bits per heavy atom. The summed E-state index contributed by atoms with van der Waals surface area (Å²) in [5.41, 5.74) is 0. The molecule has 298 valence electrons. The second-order valence-electron chi connectivity index (χ2n) is 11.0. The summed E-state index contributed by atoms with van der Waals surface area (Å²) in [7, 11) is 0. The Hall–Kier alpha value is -1.50. The van der Waals surface area contributed by atoms with Gasteiger partial charge in [-0.15, -0.1) is 0 Å². The topological polar surface area (TPSA) is 165 Å². The van der Waals surface area contributed by atoms with Crippen LogP contribution in [0.1, 0.15) is 64.7 Å². The van der Waals surface area contributed by atoms with Gasteiger partial charge in [-0.2, -0.15) is 0 Å². The predicted octanol–water partition coefficient (Wildman–Crippen LogP) is 3.33. The molecule has 0 aromatic carbocycles. The second kappa shape index (κ2) is 43.7. The summed E-state index contributed by atoms with van der Waals surface area (Å²) in [5.74, 6) is -1.21. The molecule has 1 N–H and O–H groups in total. The van der Waals surface area contributed by atoms with Crippen LogP contribution in [-0.2, 0) is 66.4 Å². The van der Waals surface area contributed by atoms with Crippen molar-refractivity contribution in [3.05, 3.63) is 0 Å². The van der Waals surface area contributed by atoms with Gasteiger partial charge in [0.05, 0.1) is 139 Å². The number of carboxylic acids is 1.